The quantitative estimate of drug-likeness (QED) is 0.864. The molecule has 0 unspecified atom stereocenters. The standard InChI is InChI=1S/C20H24N4OS/c1-18-7-13-8-19(2,10-18)12-20(9-13,11-18)16(25)22-17-24-23-15(26-17)14-3-5-21-6-4-14/h3-6,13H,7-12H2,1-2H3,(H,22,24,25)/t13?,18-,19-,20?/m1/s1. The Hall–Kier alpha value is -1.82. The number of rotatable bonds is 3. The van der Waals surface area contributed by atoms with Crippen LogP contribution in [-0.2, 0) is 4.79 Å². The van der Waals surface area contributed by atoms with Crippen molar-refractivity contribution in [2.24, 2.45) is 22.2 Å². The zero-order valence-electron chi connectivity index (χ0n) is 15.3. The Morgan fingerprint density at radius 2 is 1.77 bits per heavy atom. The van der Waals surface area contributed by atoms with Gasteiger partial charge < -0.3 is 5.32 Å². The molecule has 2 aromatic rings. The van der Waals surface area contributed by atoms with Gasteiger partial charge in [-0.3, -0.25) is 9.78 Å². The zero-order valence-corrected chi connectivity index (χ0v) is 16.1. The van der Waals surface area contributed by atoms with Crippen molar-refractivity contribution in [2.75, 3.05) is 5.32 Å². The number of carbonyl (C=O) groups is 1. The molecule has 1 amide bonds. The molecule has 4 aliphatic carbocycles. The third-order valence-electron chi connectivity index (χ3n) is 6.68. The average molecular weight is 369 g/mol. The molecule has 0 spiro atoms. The van der Waals surface area contributed by atoms with Crippen LogP contribution in [0.1, 0.15) is 52.4 Å². The number of anilines is 1. The van der Waals surface area contributed by atoms with Crippen LogP contribution in [0.3, 0.4) is 0 Å². The first kappa shape index (κ1) is 16.4. The van der Waals surface area contributed by atoms with Crippen molar-refractivity contribution in [3.63, 3.8) is 0 Å². The summed E-state index contributed by atoms with van der Waals surface area (Å²) >= 11 is 1.43. The molecule has 2 heterocycles. The number of nitrogens with one attached hydrogen (secondary N) is 1. The van der Waals surface area contributed by atoms with Crippen molar-refractivity contribution in [1.82, 2.24) is 15.2 Å². The van der Waals surface area contributed by atoms with E-state index in [1.165, 1.54) is 30.6 Å². The van der Waals surface area contributed by atoms with E-state index in [1.54, 1.807) is 12.4 Å². The molecule has 4 aliphatic rings. The molecule has 4 bridgehead atoms. The second-order valence-electron chi connectivity index (χ2n) is 9.51. The van der Waals surface area contributed by atoms with Gasteiger partial charge in [-0.1, -0.05) is 25.2 Å². The molecule has 4 fully saturated rings. The fraction of sp³-hybridized carbons (Fsp3) is 0.600. The van der Waals surface area contributed by atoms with Crippen LogP contribution in [0.25, 0.3) is 10.6 Å². The molecule has 4 saturated carbocycles. The molecule has 6 heteroatoms. The zero-order chi connectivity index (χ0) is 18.0. The summed E-state index contributed by atoms with van der Waals surface area (Å²) in [6.45, 7) is 4.79. The van der Waals surface area contributed by atoms with Gasteiger partial charge in [-0.25, -0.2) is 0 Å². The van der Waals surface area contributed by atoms with E-state index in [0.29, 0.717) is 21.9 Å². The van der Waals surface area contributed by atoms with Gasteiger partial charge in [0, 0.05) is 18.0 Å². The first-order valence-corrected chi connectivity index (χ1v) is 10.2. The number of amides is 1. The van der Waals surface area contributed by atoms with Gasteiger partial charge in [0.15, 0.2) is 0 Å². The highest BCUT2D eigenvalue weighted by Gasteiger charge is 2.62. The third-order valence-corrected chi connectivity index (χ3v) is 7.57. The summed E-state index contributed by atoms with van der Waals surface area (Å²) < 4.78 is 0. The average Bonchev–Trinajstić information content (AvgIpc) is 3.01. The van der Waals surface area contributed by atoms with Gasteiger partial charge in [-0.2, -0.15) is 0 Å². The molecule has 0 aromatic carbocycles. The monoisotopic (exact) mass is 368 g/mol. The summed E-state index contributed by atoms with van der Waals surface area (Å²) in [6.07, 6.45) is 10.4. The summed E-state index contributed by atoms with van der Waals surface area (Å²) in [5.41, 5.74) is 1.42. The van der Waals surface area contributed by atoms with E-state index in [4.69, 9.17) is 0 Å². The topological polar surface area (TPSA) is 67.8 Å². The predicted octanol–water partition coefficient (Wildman–Crippen LogP) is 4.54. The Labute approximate surface area is 157 Å². The van der Waals surface area contributed by atoms with Gasteiger partial charge in [0.25, 0.3) is 0 Å². The Balaban J connectivity index is 1.39. The Morgan fingerprint density at radius 3 is 2.42 bits per heavy atom. The Bertz CT molecular complexity index is 846. The number of carbonyl (C=O) groups excluding carboxylic acids is 1. The van der Waals surface area contributed by atoms with Gasteiger partial charge in [-0.15, -0.1) is 10.2 Å². The first-order chi connectivity index (χ1) is 12.4. The van der Waals surface area contributed by atoms with Gasteiger partial charge in [0.2, 0.25) is 11.0 Å². The molecule has 0 radical (unpaired) electrons. The molecular formula is C20H24N4OS. The minimum atomic E-state index is -0.217. The summed E-state index contributed by atoms with van der Waals surface area (Å²) in [5, 5.41) is 13.0. The Kier molecular flexibility index (Phi) is 3.36. The number of nitrogens with zero attached hydrogens (tertiary/aromatic N) is 3. The highest BCUT2D eigenvalue weighted by Crippen LogP contribution is 2.69. The van der Waals surface area contributed by atoms with Crippen LogP contribution in [0.4, 0.5) is 5.13 Å². The van der Waals surface area contributed by atoms with E-state index in [0.717, 1.165) is 29.8 Å². The van der Waals surface area contributed by atoms with Gasteiger partial charge in [0.1, 0.15) is 5.01 Å². The van der Waals surface area contributed by atoms with E-state index in [2.05, 4.69) is 34.3 Å². The summed E-state index contributed by atoms with van der Waals surface area (Å²) in [6, 6.07) is 3.82. The number of aromatic nitrogens is 3. The molecule has 2 atom stereocenters. The minimum Gasteiger partial charge on any atom is -0.300 e. The van der Waals surface area contributed by atoms with Crippen molar-refractivity contribution in [1.29, 1.82) is 0 Å². The van der Waals surface area contributed by atoms with Crippen molar-refractivity contribution in [3.8, 4) is 10.6 Å². The molecule has 0 saturated heterocycles. The SMILES string of the molecule is C[C@]12CC3CC(C(=O)Nc4nnc(-c5ccncc5)s4)(C1)C[C@](C)(C3)C2. The van der Waals surface area contributed by atoms with E-state index in [9.17, 15) is 4.79 Å². The van der Waals surface area contributed by atoms with Gasteiger partial charge in [0.05, 0.1) is 5.41 Å². The molecule has 0 aliphatic heterocycles. The summed E-state index contributed by atoms with van der Waals surface area (Å²) in [5.74, 6) is 0.866. The van der Waals surface area contributed by atoms with Crippen molar-refractivity contribution >= 4 is 22.4 Å². The lowest BCUT2D eigenvalue weighted by Crippen LogP contribution is -2.58. The Morgan fingerprint density at radius 1 is 1.08 bits per heavy atom. The molecule has 5 nitrogen and oxygen atoms in total. The fourth-order valence-corrected chi connectivity index (χ4v) is 7.56. The number of hydrogen-bond acceptors (Lipinski definition) is 5. The number of pyridine rings is 1. The first-order valence-electron chi connectivity index (χ1n) is 9.43. The maximum Gasteiger partial charge on any atom is 0.232 e. The molecule has 26 heavy (non-hydrogen) atoms. The second-order valence-corrected chi connectivity index (χ2v) is 10.5. The maximum absolute atomic E-state index is 13.3. The lowest BCUT2D eigenvalue weighted by Gasteiger charge is -2.64. The van der Waals surface area contributed by atoms with Crippen molar-refractivity contribution < 1.29 is 4.79 Å². The van der Waals surface area contributed by atoms with E-state index in [-0.39, 0.29) is 11.3 Å². The third kappa shape index (κ3) is 2.57. The second kappa shape index (κ2) is 5.35. The van der Waals surface area contributed by atoms with Crippen LogP contribution in [0, 0.1) is 22.2 Å². The molecule has 136 valence electrons. The largest absolute Gasteiger partial charge is 0.300 e. The number of hydrogen-bond donors (Lipinski definition) is 1. The summed E-state index contributed by atoms with van der Waals surface area (Å²) in [7, 11) is 0. The minimum absolute atomic E-state index is 0.163. The molecular weight excluding hydrogens is 344 g/mol. The van der Waals surface area contributed by atoms with Crippen LogP contribution in [0.5, 0.6) is 0 Å². The molecule has 6 rings (SSSR count). The van der Waals surface area contributed by atoms with E-state index in [1.807, 2.05) is 12.1 Å². The molecule has 1 N–H and O–H groups in total. The fourth-order valence-electron chi connectivity index (χ4n) is 6.82. The van der Waals surface area contributed by atoms with Crippen molar-refractivity contribution in [2.45, 2.75) is 52.4 Å². The van der Waals surface area contributed by atoms with Crippen LogP contribution < -0.4 is 5.32 Å². The van der Waals surface area contributed by atoms with Crippen LogP contribution in [-0.4, -0.2) is 21.1 Å². The van der Waals surface area contributed by atoms with Crippen LogP contribution in [0.2, 0.25) is 0 Å². The van der Waals surface area contributed by atoms with Crippen molar-refractivity contribution in [3.05, 3.63) is 24.5 Å². The van der Waals surface area contributed by atoms with Crippen LogP contribution >= 0.6 is 11.3 Å². The van der Waals surface area contributed by atoms with Crippen LogP contribution in [0.15, 0.2) is 24.5 Å². The van der Waals surface area contributed by atoms with Gasteiger partial charge >= 0.3 is 0 Å². The highest BCUT2D eigenvalue weighted by molar-refractivity contribution is 7.18. The highest BCUT2D eigenvalue weighted by atomic mass is 32.1. The predicted molar refractivity (Wildman–Crippen MR) is 102 cm³/mol. The summed E-state index contributed by atoms with van der Waals surface area (Å²) in [4.78, 5) is 17.3. The molecule has 2 aromatic heterocycles. The van der Waals surface area contributed by atoms with Gasteiger partial charge in [-0.05, 0) is 67.4 Å². The van der Waals surface area contributed by atoms with E-state index >= 15 is 0 Å². The normalized spacial score (nSPS) is 37.7. The lowest BCUT2D eigenvalue weighted by molar-refractivity contribution is -0.165. The smallest absolute Gasteiger partial charge is 0.232 e. The maximum atomic E-state index is 13.3. The lowest BCUT2D eigenvalue weighted by atomic mass is 9.40. The van der Waals surface area contributed by atoms with E-state index < -0.39 is 0 Å².